The summed E-state index contributed by atoms with van der Waals surface area (Å²) in [5, 5.41) is 2.74. The highest BCUT2D eigenvalue weighted by atomic mass is 16.5. The summed E-state index contributed by atoms with van der Waals surface area (Å²) in [6, 6.07) is 7.50. The van der Waals surface area contributed by atoms with Gasteiger partial charge in [-0.25, -0.2) is 0 Å². The Morgan fingerprint density at radius 3 is 2.78 bits per heavy atom. The first-order valence-electron chi connectivity index (χ1n) is 6.45. The number of benzene rings is 1. The molecule has 3 nitrogen and oxygen atoms in total. The van der Waals surface area contributed by atoms with E-state index < -0.39 is 0 Å². The molecule has 1 N–H and O–H groups in total. The molecular formula is C15H19NO2. The molecule has 1 amide bonds. The van der Waals surface area contributed by atoms with Crippen LogP contribution in [0.15, 0.2) is 36.4 Å². The van der Waals surface area contributed by atoms with Crippen LogP contribution in [0.2, 0.25) is 0 Å². The summed E-state index contributed by atoms with van der Waals surface area (Å²) in [7, 11) is 0. The first-order valence-corrected chi connectivity index (χ1v) is 6.45. The highest BCUT2D eigenvalue weighted by molar-refractivity contribution is 5.88. The Morgan fingerprint density at radius 2 is 2.06 bits per heavy atom. The molecule has 18 heavy (non-hydrogen) atoms. The Hall–Kier alpha value is -1.77. The number of anilines is 1. The van der Waals surface area contributed by atoms with Crippen molar-refractivity contribution in [1.82, 2.24) is 0 Å². The standard InChI is InChI=1S/C15H19NO2/c1-12(17)16-13-8-10-15(11-9-13)18-14-6-4-2-3-5-7-14/h4,6,8-11,14H,2-3,5,7H2,1H3,(H,16,17). The van der Waals surface area contributed by atoms with Crippen LogP contribution in [-0.2, 0) is 4.79 Å². The zero-order chi connectivity index (χ0) is 12.8. The van der Waals surface area contributed by atoms with E-state index in [-0.39, 0.29) is 12.0 Å². The Balaban J connectivity index is 1.94. The van der Waals surface area contributed by atoms with Gasteiger partial charge in [-0.05, 0) is 56.0 Å². The van der Waals surface area contributed by atoms with Crippen molar-refractivity contribution in [3.63, 3.8) is 0 Å². The summed E-state index contributed by atoms with van der Waals surface area (Å²) in [4.78, 5) is 10.9. The molecule has 0 fully saturated rings. The maximum Gasteiger partial charge on any atom is 0.221 e. The summed E-state index contributed by atoms with van der Waals surface area (Å²) in [6.07, 6.45) is 9.21. The lowest BCUT2D eigenvalue weighted by molar-refractivity contribution is -0.114. The van der Waals surface area contributed by atoms with Crippen LogP contribution >= 0.6 is 0 Å². The van der Waals surface area contributed by atoms with Crippen LogP contribution in [0.3, 0.4) is 0 Å². The molecule has 0 bridgehead atoms. The molecular weight excluding hydrogens is 226 g/mol. The Bertz CT molecular complexity index is 423. The molecule has 0 aliphatic heterocycles. The zero-order valence-corrected chi connectivity index (χ0v) is 10.7. The second kappa shape index (κ2) is 6.24. The van der Waals surface area contributed by atoms with Crippen LogP contribution < -0.4 is 10.1 Å². The highest BCUT2D eigenvalue weighted by Gasteiger charge is 2.09. The van der Waals surface area contributed by atoms with E-state index in [1.807, 2.05) is 24.3 Å². The number of carbonyl (C=O) groups excluding carboxylic acids is 1. The number of nitrogens with one attached hydrogen (secondary N) is 1. The maximum atomic E-state index is 10.9. The lowest BCUT2D eigenvalue weighted by Gasteiger charge is -2.14. The van der Waals surface area contributed by atoms with Gasteiger partial charge in [0.05, 0.1) is 0 Å². The quantitative estimate of drug-likeness (QED) is 0.827. The zero-order valence-electron chi connectivity index (χ0n) is 10.7. The summed E-state index contributed by atoms with van der Waals surface area (Å²) in [5.41, 5.74) is 0.797. The topological polar surface area (TPSA) is 38.3 Å². The SMILES string of the molecule is CC(=O)Nc1ccc(OC2C=CCCCC2)cc1. The Labute approximate surface area is 108 Å². The number of ether oxygens (including phenoxy) is 1. The van der Waals surface area contributed by atoms with Crippen molar-refractivity contribution in [2.24, 2.45) is 0 Å². The molecule has 0 radical (unpaired) electrons. The molecule has 0 heterocycles. The summed E-state index contributed by atoms with van der Waals surface area (Å²) in [6.45, 7) is 1.50. The fourth-order valence-electron chi connectivity index (χ4n) is 2.05. The maximum absolute atomic E-state index is 10.9. The number of carbonyl (C=O) groups is 1. The molecule has 3 heteroatoms. The molecule has 0 saturated carbocycles. The first-order chi connectivity index (χ1) is 8.74. The number of hydrogen-bond acceptors (Lipinski definition) is 2. The molecule has 1 aliphatic rings. The molecule has 1 unspecified atom stereocenters. The van der Waals surface area contributed by atoms with Crippen LogP contribution in [0.4, 0.5) is 5.69 Å². The van der Waals surface area contributed by atoms with Gasteiger partial charge in [-0.3, -0.25) is 4.79 Å². The number of hydrogen-bond donors (Lipinski definition) is 1. The van der Waals surface area contributed by atoms with Crippen molar-refractivity contribution in [1.29, 1.82) is 0 Å². The molecule has 1 aliphatic carbocycles. The van der Waals surface area contributed by atoms with Crippen molar-refractivity contribution in [3.05, 3.63) is 36.4 Å². The predicted molar refractivity (Wildman–Crippen MR) is 72.8 cm³/mol. The normalized spacial score (nSPS) is 19.1. The van der Waals surface area contributed by atoms with Gasteiger partial charge in [-0.1, -0.05) is 6.08 Å². The largest absolute Gasteiger partial charge is 0.486 e. The van der Waals surface area contributed by atoms with E-state index >= 15 is 0 Å². The second-order valence-electron chi connectivity index (χ2n) is 4.57. The number of rotatable bonds is 3. The van der Waals surface area contributed by atoms with Crippen molar-refractivity contribution in [2.45, 2.75) is 38.7 Å². The van der Waals surface area contributed by atoms with Crippen molar-refractivity contribution >= 4 is 11.6 Å². The van der Waals surface area contributed by atoms with E-state index in [2.05, 4.69) is 17.5 Å². The molecule has 2 rings (SSSR count). The first kappa shape index (κ1) is 12.7. The fraction of sp³-hybridized carbons (Fsp3) is 0.400. The lowest BCUT2D eigenvalue weighted by atomic mass is 10.2. The summed E-state index contributed by atoms with van der Waals surface area (Å²) >= 11 is 0. The van der Waals surface area contributed by atoms with Crippen LogP contribution in [0, 0.1) is 0 Å². The van der Waals surface area contributed by atoms with Gasteiger partial charge in [0.2, 0.25) is 5.91 Å². The molecule has 96 valence electrons. The van der Waals surface area contributed by atoms with E-state index in [1.54, 1.807) is 0 Å². The Morgan fingerprint density at radius 1 is 1.28 bits per heavy atom. The van der Waals surface area contributed by atoms with Crippen molar-refractivity contribution in [3.8, 4) is 5.75 Å². The van der Waals surface area contributed by atoms with Gasteiger partial charge in [-0.15, -0.1) is 0 Å². The average molecular weight is 245 g/mol. The van der Waals surface area contributed by atoms with Gasteiger partial charge in [0.15, 0.2) is 0 Å². The van der Waals surface area contributed by atoms with E-state index in [1.165, 1.54) is 19.8 Å². The number of allylic oxidation sites excluding steroid dienone is 1. The van der Waals surface area contributed by atoms with Crippen LogP contribution in [0.1, 0.15) is 32.6 Å². The molecule has 1 atom stereocenters. The van der Waals surface area contributed by atoms with E-state index in [9.17, 15) is 4.79 Å². The minimum absolute atomic E-state index is 0.0598. The smallest absolute Gasteiger partial charge is 0.221 e. The minimum Gasteiger partial charge on any atom is -0.486 e. The van der Waals surface area contributed by atoms with Crippen molar-refractivity contribution < 1.29 is 9.53 Å². The number of amides is 1. The second-order valence-corrected chi connectivity index (χ2v) is 4.57. The average Bonchev–Trinajstić information content (AvgIpc) is 2.60. The third-order valence-corrected chi connectivity index (χ3v) is 2.92. The molecule has 0 aromatic heterocycles. The van der Waals surface area contributed by atoms with Crippen LogP contribution in [0.25, 0.3) is 0 Å². The van der Waals surface area contributed by atoms with Crippen LogP contribution in [0.5, 0.6) is 5.75 Å². The predicted octanol–water partition coefficient (Wildman–Crippen LogP) is 3.52. The van der Waals surface area contributed by atoms with Gasteiger partial charge in [0, 0.05) is 12.6 Å². The lowest BCUT2D eigenvalue weighted by Crippen LogP contribution is -2.12. The van der Waals surface area contributed by atoms with Crippen LogP contribution in [-0.4, -0.2) is 12.0 Å². The molecule has 0 saturated heterocycles. The third kappa shape index (κ3) is 3.91. The van der Waals surface area contributed by atoms with Gasteiger partial charge in [-0.2, -0.15) is 0 Å². The fourth-order valence-corrected chi connectivity index (χ4v) is 2.05. The van der Waals surface area contributed by atoms with E-state index in [0.717, 1.165) is 24.3 Å². The van der Waals surface area contributed by atoms with Gasteiger partial charge in [0.25, 0.3) is 0 Å². The molecule has 1 aromatic rings. The monoisotopic (exact) mass is 245 g/mol. The summed E-state index contributed by atoms with van der Waals surface area (Å²) < 4.78 is 5.90. The molecule has 0 spiro atoms. The Kier molecular flexibility index (Phi) is 4.40. The minimum atomic E-state index is -0.0598. The third-order valence-electron chi connectivity index (χ3n) is 2.92. The van der Waals surface area contributed by atoms with E-state index in [4.69, 9.17) is 4.74 Å². The van der Waals surface area contributed by atoms with Gasteiger partial charge >= 0.3 is 0 Å². The van der Waals surface area contributed by atoms with Crippen molar-refractivity contribution in [2.75, 3.05) is 5.32 Å². The summed E-state index contributed by atoms with van der Waals surface area (Å²) in [5.74, 6) is 0.788. The highest BCUT2D eigenvalue weighted by Crippen LogP contribution is 2.20. The van der Waals surface area contributed by atoms with Gasteiger partial charge < -0.3 is 10.1 Å². The molecule has 1 aromatic carbocycles. The van der Waals surface area contributed by atoms with Gasteiger partial charge in [0.1, 0.15) is 11.9 Å². The van der Waals surface area contributed by atoms with E-state index in [0.29, 0.717) is 0 Å².